The molecule has 0 bridgehead atoms. The summed E-state index contributed by atoms with van der Waals surface area (Å²) in [5.74, 6) is 4.21. The van der Waals surface area contributed by atoms with Gasteiger partial charge in [-0.15, -0.1) is 0 Å². The summed E-state index contributed by atoms with van der Waals surface area (Å²) in [7, 11) is 1.66. The molecule has 1 aromatic rings. The van der Waals surface area contributed by atoms with E-state index in [-0.39, 0.29) is 0 Å². The maximum atomic E-state index is 12.2. The molecule has 0 aliphatic carbocycles. The number of aryl methyl sites for hydroxylation is 1. The summed E-state index contributed by atoms with van der Waals surface area (Å²) in [5, 5.41) is 0. The summed E-state index contributed by atoms with van der Waals surface area (Å²) >= 11 is 2.01. The van der Waals surface area contributed by atoms with Crippen molar-refractivity contribution in [3.63, 3.8) is 0 Å². The van der Waals surface area contributed by atoms with Gasteiger partial charge in [-0.2, -0.15) is 11.8 Å². The zero-order valence-corrected chi connectivity index (χ0v) is 12.6. The molecule has 0 atom stereocenters. The zero-order chi connectivity index (χ0) is 13.7. The number of carbonyl (C=O) groups excluding carboxylic acids is 1. The summed E-state index contributed by atoms with van der Waals surface area (Å²) in [6, 6.07) is 6.04. The van der Waals surface area contributed by atoms with Crippen LogP contribution in [0.3, 0.4) is 0 Å². The molecule has 2 rings (SSSR count). The van der Waals surface area contributed by atoms with Crippen LogP contribution < -0.4 is 4.74 Å². The second-order valence-electron chi connectivity index (χ2n) is 5.29. The Morgan fingerprint density at radius 1 is 1.37 bits per heavy atom. The minimum atomic E-state index is 0.348. The number of hydrogen-bond donors (Lipinski definition) is 0. The molecule has 1 heterocycles. The van der Waals surface area contributed by atoms with E-state index in [1.54, 1.807) is 7.11 Å². The number of benzene rings is 1. The van der Waals surface area contributed by atoms with E-state index in [0.29, 0.717) is 18.1 Å². The molecule has 1 aliphatic heterocycles. The molecule has 0 aromatic heterocycles. The third-order valence-corrected chi connectivity index (χ3v) is 4.73. The molecule has 2 nitrogen and oxygen atoms in total. The average Bonchev–Trinajstić information content (AvgIpc) is 2.40. The Hall–Kier alpha value is -0.960. The molecule has 104 valence electrons. The Bertz CT molecular complexity index is 436. The van der Waals surface area contributed by atoms with Gasteiger partial charge in [0.2, 0.25) is 0 Å². The van der Waals surface area contributed by atoms with Crippen LogP contribution in [-0.4, -0.2) is 24.4 Å². The fourth-order valence-electron chi connectivity index (χ4n) is 2.60. The second-order valence-corrected chi connectivity index (χ2v) is 6.52. The van der Waals surface area contributed by atoms with Crippen molar-refractivity contribution in [2.24, 2.45) is 5.92 Å². The minimum absolute atomic E-state index is 0.348. The van der Waals surface area contributed by atoms with Crippen molar-refractivity contribution in [1.29, 1.82) is 0 Å². The maximum Gasteiger partial charge on any atom is 0.137 e. The molecule has 0 amide bonds. The number of thioether (sulfide) groups is 1. The highest BCUT2D eigenvalue weighted by Gasteiger charge is 2.18. The van der Waals surface area contributed by atoms with Crippen LogP contribution in [0, 0.1) is 12.8 Å². The fraction of sp³-hybridized carbons (Fsp3) is 0.562. The van der Waals surface area contributed by atoms with Crippen molar-refractivity contribution >= 4 is 17.5 Å². The van der Waals surface area contributed by atoms with Gasteiger partial charge in [-0.25, -0.2) is 0 Å². The Kier molecular flexibility index (Phi) is 5.32. The topological polar surface area (TPSA) is 26.3 Å². The standard InChI is InChI=1S/C16H22O2S/c1-12-3-4-16(18-2)14(9-12)11-15(17)10-13-5-7-19-8-6-13/h3-4,9,13H,5-8,10-11H2,1-2H3. The highest BCUT2D eigenvalue weighted by molar-refractivity contribution is 7.99. The van der Waals surface area contributed by atoms with Crippen LogP contribution >= 0.6 is 11.8 Å². The van der Waals surface area contributed by atoms with Crippen LogP contribution in [0.4, 0.5) is 0 Å². The van der Waals surface area contributed by atoms with Gasteiger partial charge in [-0.3, -0.25) is 4.79 Å². The molecule has 1 fully saturated rings. The number of methoxy groups -OCH3 is 1. The van der Waals surface area contributed by atoms with E-state index in [0.717, 1.165) is 17.7 Å². The van der Waals surface area contributed by atoms with Crippen molar-refractivity contribution < 1.29 is 9.53 Å². The van der Waals surface area contributed by atoms with Gasteiger partial charge in [-0.1, -0.05) is 17.7 Å². The Morgan fingerprint density at radius 3 is 2.79 bits per heavy atom. The summed E-state index contributed by atoms with van der Waals surface area (Å²) < 4.78 is 5.34. The molecule has 3 heteroatoms. The lowest BCUT2D eigenvalue weighted by atomic mass is 9.93. The summed E-state index contributed by atoms with van der Waals surface area (Å²) in [5.41, 5.74) is 2.20. The lowest BCUT2D eigenvalue weighted by Gasteiger charge is -2.20. The van der Waals surface area contributed by atoms with E-state index >= 15 is 0 Å². The van der Waals surface area contributed by atoms with Gasteiger partial charge in [0.15, 0.2) is 0 Å². The predicted molar refractivity (Wildman–Crippen MR) is 81.1 cm³/mol. The van der Waals surface area contributed by atoms with Crippen molar-refractivity contribution in [3.05, 3.63) is 29.3 Å². The van der Waals surface area contributed by atoms with Crippen LogP contribution in [-0.2, 0) is 11.2 Å². The highest BCUT2D eigenvalue weighted by atomic mass is 32.2. The third-order valence-electron chi connectivity index (χ3n) is 3.68. The van der Waals surface area contributed by atoms with Gasteiger partial charge in [0, 0.05) is 18.4 Å². The zero-order valence-electron chi connectivity index (χ0n) is 11.8. The lowest BCUT2D eigenvalue weighted by molar-refractivity contribution is -0.119. The van der Waals surface area contributed by atoms with Gasteiger partial charge in [0.25, 0.3) is 0 Å². The normalized spacial score (nSPS) is 16.3. The molecular weight excluding hydrogens is 256 g/mol. The van der Waals surface area contributed by atoms with Crippen LogP contribution in [0.5, 0.6) is 5.75 Å². The van der Waals surface area contributed by atoms with Crippen molar-refractivity contribution in [2.75, 3.05) is 18.6 Å². The van der Waals surface area contributed by atoms with Gasteiger partial charge in [0.05, 0.1) is 7.11 Å². The largest absolute Gasteiger partial charge is 0.496 e. The number of Topliss-reactive ketones (excluding diaryl/α,β-unsaturated/α-hetero) is 1. The molecule has 19 heavy (non-hydrogen) atoms. The summed E-state index contributed by atoms with van der Waals surface area (Å²) in [4.78, 5) is 12.2. The van der Waals surface area contributed by atoms with E-state index < -0.39 is 0 Å². The quantitative estimate of drug-likeness (QED) is 0.822. The van der Waals surface area contributed by atoms with Crippen LogP contribution in [0.25, 0.3) is 0 Å². The first kappa shape index (κ1) is 14.4. The number of rotatable bonds is 5. The number of ketones is 1. The number of carbonyl (C=O) groups is 1. The van der Waals surface area contributed by atoms with E-state index in [9.17, 15) is 4.79 Å². The first-order valence-electron chi connectivity index (χ1n) is 6.92. The summed E-state index contributed by atoms with van der Waals surface area (Å²) in [6.07, 6.45) is 3.63. The average molecular weight is 278 g/mol. The number of ether oxygens (including phenoxy) is 1. The molecule has 0 radical (unpaired) electrons. The SMILES string of the molecule is COc1ccc(C)cc1CC(=O)CC1CCSCC1. The molecule has 0 N–H and O–H groups in total. The maximum absolute atomic E-state index is 12.2. The van der Waals surface area contributed by atoms with Gasteiger partial charge >= 0.3 is 0 Å². The molecule has 0 spiro atoms. The van der Waals surface area contributed by atoms with Crippen molar-refractivity contribution in [2.45, 2.75) is 32.6 Å². The fourth-order valence-corrected chi connectivity index (χ4v) is 3.81. The van der Waals surface area contributed by atoms with E-state index in [2.05, 4.69) is 6.07 Å². The lowest BCUT2D eigenvalue weighted by Crippen LogP contribution is -2.16. The van der Waals surface area contributed by atoms with E-state index in [4.69, 9.17) is 4.74 Å². The number of hydrogen-bond acceptors (Lipinski definition) is 3. The van der Waals surface area contributed by atoms with Crippen LogP contribution in [0.2, 0.25) is 0 Å². The molecule has 1 aromatic carbocycles. The van der Waals surface area contributed by atoms with Gasteiger partial charge < -0.3 is 4.74 Å². The first-order chi connectivity index (χ1) is 9.19. The Balaban J connectivity index is 1.95. The summed E-state index contributed by atoms with van der Waals surface area (Å²) in [6.45, 7) is 2.05. The van der Waals surface area contributed by atoms with E-state index in [1.807, 2.05) is 30.8 Å². The Morgan fingerprint density at radius 2 is 2.11 bits per heavy atom. The Labute approximate surface area is 119 Å². The molecule has 1 saturated heterocycles. The monoisotopic (exact) mass is 278 g/mol. The second kappa shape index (κ2) is 6.99. The molecule has 0 saturated carbocycles. The first-order valence-corrected chi connectivity index (χ1v) is 8.07. The molecule has 1 aliphatic rings. The predicted octanol–water partition coefficient (Wildman–Crippen LogP) is 3.65. The minimum Gasteiger partial charge on any atom is -0.496 e. The van der Waals surface area contributed by atoms with Crippen LogP contribution in [0.1, 0.15) is 30.4 Å². The van der Waals surface area contributed by atoms with Gasteiger partial charge in [-0.05, 0) is 43.3 Å². The molecular formula is C16H22O2S. The molecule has 0 unspecified atom stereocenters. The smallest absolute Gasteiger partial charge is 0.137 e. The van der Waals surface area contributed by atoms with Crippen LogP contribution in [0.15, 0.2) is 18.2 Å². The highest BCUT2D eigenvalue weighted by Crippen LogP contribution is 2.27. The van der Waals surface area contributed by atoms with Crippen molar-refractivity contribution in [3.8, 4) is 5.75 Å². The van der Waals surface area contributed by atoms with Gasteiger partial charge in [0.1, 0.15) is 11.5 Å². The van der Waals surface area contributed by atoms with E-state index in [1.165, 1.54) is 29.9 Å². The third kappa shape index (κ3) is 4.27. The van der Waals surface area contributed by atoms with Crippen molar-refractivity contribution in [1.82, 2.24) is 0 Å².